The number of nitrogen functional groups attached to an aromatic ring is 1. The third-order valence-electron chi connectivity index (χ3n) is 1.83. The molecule has 0 aliphatic rings. The lowest BCUT2D eigenvalue weighted by atomic mass is 10.2. The predicted octanol–water partition coefficient (Wildman–Crippen LogP) is 0.0430. The first-order chi connectivity index (χ1) is 7.11. The molecule has 0 aliphatic heterocycles. The molecule has 6 N–H and O–H groups in total. The normalized spacial score (nSPS) is 11.9. The average Bonchev–Trinajstić information content (AvgIpc) is 2.16. The lowest BCUT2D eigenvalue weighted by Crippen LogP contribution is -2.24. The average molecular weight is 209 g/mol. The summed E-state index contributed by atoms with van der Waals surface area (Å²) in [6, 6.07) is 3.52. The Morgan fingerprint density at radius 3 is 3.00 bits per heavy atom. The Morgan fingerprint density at radius 2 is 2.40 bits per heavy atom. The molecule has 0 aromatic carbocycles. The van der Waals surface area contributed by atoms with Crippen LogP contribution >= 0.6 is 0 Å². The molecule has 0 saturated carbocycles. The quantitative estimate of drug-likeness (QED) is 0.405. The Labute approximate surface area is 88.0 Å². The maximum absolute atomic E-state index is 10.7. The maximum atomic E-state index is 10.7. The second-order valence-corrected chi connectivity index (χ2v) is 3.29. The van der Waals surface area contributed by atoms with Crippen LogP contribution in [0.5, 0.6) is 0 Å². The number of hydrogen-bond donors (Lipinski definition) is 4. The Kier molecular flexibility index (Phi) is 3.87. The number of nitrogens with zero attached hydrogens (tertiary/aromatic N) is 1. The van der Waals surface area contributed by atoms with Crippen molar-refractivity contribution >= 4 is 17.4 Å². The summed E-state index contributed by atoms with van der Waals surface area (Å²) in [7, 11) is 0. The first kappa shape index (κ1) is 11.3. The molecular weight excluding hydrogens is 194 g/mol. The summed E-state index contributed by atoms with van der Waals surface area (Å²) in [6.07, 6.45) is 1.90. The summed E-state index contributed by atoms with van der Waals surface area (Å²) in [6.45, 7) is 1.88. The van der Waals surface area contributed by atoms with Crippen LogP contribution in [0.2, 0.25) is 0 Å². The molecular formula is C9H15N5O. The number of hydrogen-bond acceptors (Lipinski definition) is 5. The fourth-order valence-electron chi connectivity index (χ4n) is 1.24. The van der Waals surface area contributed by atoms with Gasteiger partial charge in [0.1, 0.15) is 5.82 Å². The molecule has 0 fully saturated rings. The Morgan fingerprint density at radius 1 is 1.67 bits per heavy atom. The lowest BCUT2D eigenvalue weighted by Gasteiger charge is -2.13. The molecule has 1 rings (SSSR count). The van der Waals surface area contributed by atoms with Crippen molar-refractivity contribution in [2.24, 2.45) is 11.6 Å². The molecule has 0 saturated heterocycles. The van der Waals surface area contributed by atoms with Gasteiger partial charge in [-0.25, -0.2) is 10.8 Å². The Bertz CT molecular complexity index is 341. The summed E-state index contributed by atoms with van der Waals surface area (Å²) in [5, 5.41) is 3.11. The summed E-state index contributed by atoms with van der Waals surface area (Å²) in [4.78, 5) is 14.6. The van der Waals surface area contributed by atoms with Crippen molar-refractivity contribution in [2.45, 2.75) is 19.4 Å². The Balaban J connectivity index is 2.59. The van der Waals surface area contributed by atoms with Crippen LogP contribution in [0.1, 0.15) is 13.3 Å². The van der Waals surface area contributed by atoms with Crippen LogP contribution in [0, 0.1) is 0 Å². The van der Waals surface area contributed by atoms with E-state index in [4.69, 9.17) is 11.6 Å². The van der Waals surface area contributed by atoms with E-state index < -0.39 is 0 Å². The third kappa shape index (κ3) is 3.82. The molecule has 0 aliphatic carbocycles. The van der Waals surface area contributed by atoms with Crippen molar-refractivity contribution in [3.05, 3.63) is 18.3 Å². The monoisotopic (exact) mass is 209 g/mol. The van der Waals surface area contributed by atoms with Crippen LogP contribution in [-0.4, -0.2) is 16.9 Å². The first-order valence-corrected chi connectivity index (χ1v) is 4.59. The summed E-state index contributed by atoms with van der Waals surface area (Å²) >= 11 is 0. The molecule has 6 nitrogen and oxygen atoms in total. The number of anilines is 2. The molecule has 0 radical (unpaired) electrons. The summed E-state index contributed by atoms with van der Waals surface area (Å²) in [5.41, 5.74) is 8.36. The van der Waals surface area contributed by atoms with Crippen LogP contribution < -0.4 is 22.3 Å². The lowest BCUT2D eigenvalue weighted by molar-refractivity contribution is -0.118. The number of carbonyl (C=O) groups is 1. The second-order valence-electron chi connectivity index (χ2n) is 3.29. The number of amides is 1. The van der Waals surface area contributed by atoms with Crippen LogP contribution in [-0.2, 0) is 4.79 Å². The van der Waals surface area contributed by atoms with Gasteiger partial charge in [-0.05, 0) is 13.0 Å². The zero-order chi connectivity index (χ0) is 11.3. The molecule has 1 aromatic heterocycles. The second kappa shape index (κ2) is 5.16. The largest absolute Gasteiger partial charge is 0.382 e. The van der Waals surface area contributed by atoms with Crippen LogP contribution in [0.25, 0.3) is 0 Å². The van der Waals surface area contributed by atoms with Gasteiger partial charge in [-0.3, -0.25) is 4.79 Å². The molecule has 1 aromatic rings. The number of carbonyl (C=O) groups excluding carboxylic acids is 1. The van der Waals surface area contributed by atoms with Crippen LogP contribution in [0.4, 0.5) is 11.5 Å². The number of nitrogens with one attached hydrogen (secondary N) is 2. The highest BCUT2D eigenvalue weighted by atomic mass is 16.1. The van der Waals surface area contributed by atoms with E-state index in [-0.39, 0.29) is 18.4 Å². The van der Waals surface area contributed by atoms with Gasteiger partial charge in [0.15, 0.2) is 0 Å². The highest BCUT2D eigenvalue weighted by Crippen LogP contribution is 2.12. The standard InChI is InChI=1S/C9H15N5O/c1-6(4-8(10)15)13-7-2-3-12-9(5-7)14-11/h2-3,5-6H,4,11H2,1H3,(H2,10,15)(H2,12,13,14). The number of nitrogens with two attached hydrogens (primary N) is 2. The van der Waals surface area contributed by atoms with Gasteiger partial charge in [0.05, 0.1) is 0 Å². The van der Waals surface area contributed by atoms with E-state index >= 15 is 0 Å². The number of rotatable bonds is 5. The number of primary amides is 1. The van der Waals surface area contributed by atoms with Crippen molar-refractivity contribution in [3.63, 3.8) is 0 Å². The number of aromatic nitrogens is 1. The molecule has 82 valence electrons. The minimum absolute atomic E-state index is 0.0180. The fraction of sp³-hybridized carbons (Fsp3) is 0.333. The molecule has 6 heteroatoms. The number of hydrazine groups is 1. The van der Waals surface area contributed by atoms with Gasteiger partial charge in [0.2, 0.25) is 5.91 Å². The summed E-state index contributed by atoms with van der Waals surface area (Å²) in [5.74, 6) is 5.45. The summed E-state index contributed by atoms with van der Waals surface area (Å²) < 4.78 is 0. The SMILES string of the molecule is CC(CC(N)=O)Nc1ccnc(NN)c1. The third-order valence-corrected chi connectivity index (χ3v) is 1.83. The van der Waals surface area contributed by atoms with E-state index in [1.165, 1.54) is 0 Å². The van der Waals surface area contributed by atoms with Crippen LogP contribution in [0.3, 0.4) is 0 Å². The van der Waals surface area contributed by atoms with Crippen molar-refractivity contribution in [1.82, 2.24) is 4.98 Å². The van der Waals surface area contributed by atoms with Gasteiger partial charge in [0, 0.05) is 30.4 Å². The van der Waals surface area contributed by atoms with E-state index in [0.29, 0.717) is 5.82 Å². The van der Waals surface area contributed by atoms with Gasteiger partial charge in [-0.2, -0.15) is 0 Å². The highest BCUT2D eigenvalue weighted by molar-refractivity contribution is 5.74. The van der Waals surface area contributed by atoms with Gasteiger partial charge in [0.25, 0.3) is 0 Å². The van der Waals surface area contributed by atoms with Gasteiger partial charge in [-0.15, -0.1) is 0 Å². The molecule has 0 bridgehead atoms. The fourth-order valence-corrected chi connectivity index (χ4v) is 1.24. The minimum atomic E-state index is -0.332. The zero-order valence-electron chi connectivity index (χ0n) is 8.53. The van der Waals surface area contributed by atoms with E-state index in [9.17, 15) is 4.79 Å². The molecule has 1 unspecified atom stereocenters. The topological polar surface area (TPSA) is 106 Å². The van der Waals surface area contributed by atoms with Crippen molar-refractivity contribution in [2.75, 3.05) is 10.7 Å². The highest BCUT2D eigenvalue weighted by Gasteiger charge is 2.05. The van der Waals surface area contributed by atoms with E-state index in [2.05, 4.69) is 15.7 Å². The van der Waals surface area contributed by atoms with Gasteiger partial charge >= 0.3 is 0 Å². The molecule has 1 amide bonds. The van der Waals surface area contributed by atoms with Crippen molar-refractivity contribution < 1.29 is 4.79 Å². The molecule has 0 spiro atoms. The van der Waals surface area contributed by atoms with Crippen molar-refractivity contribution in [1.29, 1.82) is 0 Å². The first-order valence-electron chi connectivity index (χ1n) is 4.59. The zero-order valence-corrected chi connectivity index (χ0v) is 8.53. The minimum Gasteiger partial charge on any atom is -0.382 e. The van der Waals surface area contributed by atoms with Gasteiger partial charge in [-0.1, -0.05) is 0 Å². The maximum Gasteiger partial charge on any atom is 0.219 e. The smallest absolute Gasteiger partial charge is 0.219 e. The van der Waals surface area contributed by atoms with E-state index in [1.807, 2.05) is 6.92 Å². The van der Waals surface area contributed by atoms with Crippen LogP contribution in [0.15, 0.2) is 18.3 Å². The number of pyridine rings is 1. The Hall–Kier alpha value is -1.82. The molecule has 1 atom stereocenters. The predicted molar refractivity (Wildman–Crippen MR) is 58.9 cm³/mol. The van der Waals surface area contributed by atoms with E-state index in [1.54, 1.807) is 18.3 Å². The molecule has 1 heterocycles. The van der Waals surface area contributed by atoms with Gasteiger partial charge < -0.3 is 16.5 Å². The van der Waals surface area contributed by atoms with E-state index in [0.717, 1.165) is 5.69 Å². The van der Waals surface area contributed by atoms with Crippen molar-refractivity contribution in [3.8, 4) is 0 Å². The molecule has 15 heavy (non-hydrogen) atoms.